The summed E-state index contributed by atoms with van der Waals surface area (Å²) in [5.41, 5.74) is 1.59. The van der Waals surface area contributed by atoms with E-state index in [1.54, 1.807) is 12.1 Å². The Morgan fingerprint density at radius 2 is 1.70 bits per heavy atom. The van der Waals surface area contributed by atoms with E-state index in [1.165, 1.54) is 14.1 Å². The molecule has 0 bridgehead atoms. The van der Waals surface area contributed by atoms with Crippen molar-refractivity contribution in [2.24, 2.45) is 0 Å². The van der Waals surface area contributed by atoms with Crippen molar-refractivity contribution in [1.29, 1.82) is 0 Å². The molecule has 1 fully saturated rings. The molecule has 2 aliphatic rings. The van der Waals surface area contributed by atoms with Crippen LogP contribution in [0.2, 0.25) is 0 Å². The number of fused-ring (bicyclic) bond motifs is 2. The molecule has 0 saturated carbocycles. The second-order valence-electron chi connectivity index (χ2n) is 7.73. The van der Waals surface area contributed by atoms with E-state index < -0.39 is 17.8 Å². The number of nitrogens with zero attached hydrogens (tertiary/aromatic N) is 3. The lowest BCUT2D eigenvalue weighted by Gasteiger charge is -2.28. The summed E-state index contributed by atoms with van der Waals surface area (Å²) in [6.07, 6.45) is 3.42. The first-order valence-corrected chi connectivity index (χ1v) is 10.4. The van der Waals surface area contributed by atoms with Crippen LogP contribution in [0.4, 0.5) is 4.79 Å². The van der Waals surface area contributed by atoms with Crippen LogP contribution in [0.15, 0.2) is 54.2 Å². The number of rotatable bonds is 5. The summed E-state index contributed by atoms with van der Waals surface area (Å²) in [5, 5.41) is 0.885. The highest BCUT2D eigenvalue weighted by molar-refractivity contribution is 6.31. The van der Waals surface area contributed by atoms with Gasteiger partial charge in [-0.15, -0.1) is 0 Å². The minimum atomic E-state index is -0.648. The molecule has 2 aromatic carbocycles. The van der Waals surface area contributed by atoms with Gasteiger partial charge >= 0.3 is 6.03 Å². The van der Waals surface area contributed by atoms with Gasteiger partial charge in [-0.3, -0.25) is 19.4 Å². The van der Waals surface area contributed by atoms with Crippen LogP contribution >= 0.6 is 0 Å². The SMILES string of the molecule is CN1C(=O)C(=Cc2cn(CCOc3ccc4c(c3)OCO4)c3ccccc23)C(=O)N(C)C1=O. The molecule has 2 aliphatic heterocycles. The van der Waals surface area contributed by atoms with E-state index in [0.29, 0.717) is 36.0 Å². The van der Waals surface area contributed by atoms with E-state index in [4.69, 9.17) is 14.2 Å². The number of carbonyl (C=O) groups excluding carboxylic acids is 3. The molecule has 0 N–H and O–H groups in total. The van der Waals surface area contributed by atoms with Crippen molar-refractivity contribution in [1.82, 2.24) is 14.4 Å². The molecule has 0 radical (unpaired) electrons. The number of benzene rings is 2. The molecule has 168 valence electrons. The molecule has 9 heteroatoms. The molecule has 1 aromatic heterocycles. The number of imide groups is 2. The summed E-state index contributed by atoms with van der Waals surface area (Å²) in [6, 6.07) is 12.5. The summed E-state index contributed by atoms with van der Waals surface area (Å²) in [4.78, 5) is 39.1. The third kappa shape index (κ3) is 3.57. The highest BCUT2D eigenvalue weighted by atomic mass is 16.7. The smallest absolute Gasteiger partial charge is 0.333 e. The van der Waals surface area contributed by atoms with Gasteiger partial charge in [0, 0.05) is 42.8 Å². The zero-order chi connectivity index (χ0) is 23.1. The van der Waals surface area contributed by atoms with Crippen LogP contribution in [0, 0.1) is 0 Å². The van der Waals surface area contributed by atoms with Crippen molar-refractivity contribution < 1.29 is 28.6 Å². The van der Waals surface area contributed by atoms with Crippen molar-refractivity contribution in [2.45, 2.75) is 6.54 Å². The number of carbonyl (C=O) groups is 3. The van der Waals surface area contributed by atoms with E-state index >= 15 is 0 Å². The van der Waals surface area contributed by atoms with Gasteiger partial charge in [0.2, 0.25) is 6.79 Å². The minimum absolute atomic E-state index is 0.0564. The average molecular weight is 447 g/mol. The second kappa shape index (κ2) is 8.01. The Labute approximate surface area is 189 Å². The number of urea groups is 1. The fraction of sp³-hybridized carbons (Fsp3) is 0.208. The molecule has 0 spiro atoms. The predicted octanol–water partition coefficient (Wildman–Crippen LogP) is 2.88. The Kier molecular flexibility index (Phi) is 5.01. The van der Waals surface area contributed by atoms with Crippen LogP contribution in [-0.4, -0.2) is 59.7 Å². The van der Waals surface area contributed by atoms with Gasteiger partial charge in [0.1, 0.15) is 17.9 Å². The van der Waals surface area contributed by atoms with Gasteiger partial charge in [0.25, 0.3) is 11.8 Å². The summed E-state index contributed by atoms with van der Waals surface area (Å²) in [6.45, 7) is 1.14. The molecule has 0 atom stereocenters. The Balaban J connectivity index is 1.40. The zero-order valence-electron chi connectivity index (χ0n) is 18.1. The summed E-state index contributed by atoms with van der Waals surface area (Å²) < 4.78 is 18.6. The Morgan fingerprint density at radius 3 is 2.48 bits per heavy atom. The lowest BCUT2D eigenvalue weighted by atomic mass is 10.1. The minimum Gasteiger partial charge on any atom is -0.492 e. The monoisotopic (exact) mass is 447 g/mol. The van der Waals surface area contributed by atoms with Crippen molar-refractivity contribution in [3.63, 3.8) is 0 Å². The van der Waals surface area contributed by atoms with Crippen molar-refractivity contribution in [3.8, 4) is 17.2 Å². The van der Waals surface area contributed by atoms with Crippen molar-refractivity contribution in [2.75, 3.05) is 27.5 Å². The third-order valence-corrected chi connectivity index (χ3v) is 5.71. The maximum atomic E-state index is 12.6. The number of para-hydroxylation sites is 1. The molecule has 0 aliphatic carbocycles. The van der Waals surface area contributed by atoms with Crippen LogP contribution in [0.25, 0.3) is 17.0 Å². The van der Waals surface area contributed by atoms with E-state index in [2.05, 4.69) is 0 Å². The maximum Gasteiger partial charge on any atom is 0.333 e. The largest absolute Gasteiger partial charge is 0.492 e. The molecule has 9 nitrogen and oxygen atoms in total. The Morgan fingerprint density at radius 1 is 0.970 bits per heavy atom. The standard InChI is InChI=1S/C24H21N3O6/c1-25-22(28)18(23(29)26(2)24(25)30)11-15-13-27(19-6-4-3-5-17(15)19)9-10-31-16-7-8-20-21(12-16)33-14-32-20/h3-8,11-13H,9-10,14H2,1-2H3. The second-order valence-corrected chi connectivity index (χ2v) is 7.73. The highest BCUT2D eigenvalue weighted by Gasteiger charge is 2.37. The zero-order valence-corrected chi connectivity index (χ0v) is 18.1. The molecular weight excluding hydrogens is 426 g/mol. The third-order valence-electron chi connectivity index (χ3n) is 5.71. The van der Waals surface area contributed by atoms with Crippen LogP contribution in [0.3, 0.4) is 0 Å². The molecule has 4 amide bonds. The number of hydrogen-bond donors (Lipinski definition) is 0. The summed E-state index contributed by atoms with van der Waals surface area (Å²) in [5.74, 6) is 0.786. The van der Waals surface area contributed by atoms with Crippen molar-refractivity contribution in [3.05, 3.63) is 59.8 Å². The van der Waals surface area contributed by atoms with Crippen LogP contribution in [0.1, 0.15) is 5.56 Å². The van der Waals surface area contributed by atoms with Gasteiger partial charge in [-0.05, 0) is 24.3 Å². The van der Waals surface area contributed by atoms with Gasteiger partial charge in [-0.1, -0.05) is 18.2 Å². The van der Waals surface area contributed by atoms with Gasteiger partial charge in [0.05, 0.1) is 6.54 Å². The normalized spacial score (nSPS) is 15.6. The highest BCUT2D eigenvalue weighted by Crippen LogP contribution is 2.35. The fourth-order valence-corrected chi connectivity index (χ4v) is 3.93. The van der Waals surface area contributed by atoms with Gasteiger partial charge in [-0.25, -0.2) is 4.79 Å². The van der Waals surface area contributed by atoms with E-state index in [9.17, 15) is 14.4 Å². The van der Waals surface area contributed by atoms with Gasteiger partial charge in [0.15, 0.2) is 11.5 Å². The van der Waals surface area contributed by atoms with Gasteiger partial charge < -0.3 is 18.8 Å². The molecule has 33 heavy (non-hydrogen) atoms. The van der Waals surface area contributed by atoms with Crippen LogP contribution in [-0.2, 0) is 16.1 Å². The fourth-order valence-electron chi connectivity index (χ4n) is 3.93. The van der Waals surface area contributed by atoms with Crippen LogP contribution < -0.4 is 14.2 Å². The van der Waals surface area contributed by atoms with E-state index in [1.807, 2.05) is 47.2 Å². The number of hydrogen-bond acceptors (Lipinski definition) is 6. The topological polar surface area (TPSA) is 90.3 Å². The van der Waals surface area contributed by atoms with E-state index in [0.717, 1.165) is 20.7 Å². The first-order chi connectivity index (χ1) is 15.9. The maximum absolute atomic E-state index is 12.6. The molecule has 3 aromatic rings. The molecular formula is C24H21N3O6. The molecule has 1 saturated heterocycles. The summed E-state index contributed by atoms with van der Waals surface area (Å²) >= 11 is 0. The van der Waals surface area contributed by atoms with E-state index in [-0.39, 0.29) is 12.4 Å². The number of aromatic nitrogens is 1. The lowest BCUT2D eigenvalue weighted by molar-refractivity contribution is -0.134. The number of likely N-dealkylation sites (N-methyl/N-ethyl adjacent to an activating group) is 2. The van der Waals surface area contributed by atoms with Gasteiger partial charge in [-0.2, -0.15) is 0 Å². The molecule has 3 heterocycles. The molecule has 0 unspecified atom stereocenters. The first-order valence-electron chi connectivity index (χ1n) is 10.4. The molecule has 5 rings (SSSR count). The Bertz CT molecular complexity index is 1300. The number of ether oxygens (including phenoxy) is 3. The number of barbiturate groups is 1. The number of amides is 4. The first kappa shape index (κ1) is 20.6. The lowest BCUT2D eigenvalue weighted by Crippen LogP contribution is -2.52. The average Bonchev–Trinajstić information content (AvgIpc) is 3.44. The van der Waals surface area contributed by atoms with Crippen molar-refractivity contribution >= 4 is 34.8 Å². The Hall–Kier alpha value is -4.27. The van der Waals surface area contributed by atoms with Crippen LogP contribution in [0.5, 0.6) is 17.2 Å². The summed E-state index contributed by atoms with van der Waals surface area (Å²) in [7, 11) is 2.72. The predicted molar refractivity (Wildman–Crippen MR) is 119 cm³/mol. The quantitative estimate of drug-likeness (QED) is 0.441.